The quantitative estimate of drug-likeness (QED) is 0.879. The van der Waals surface area contributed by atoms with Crippen molar-refractivity contribution in [1.29, 1.82) is 0 Å². The van der Waals surface area contributed by atoms with Gasteiger partial charge in [-0.3, -0.25) is 4.98 Å². The Balaban J connectivity index is 2.15. The van der Waals surface area contributed by atoms with Gasteiger partial charge in [-0.1, -0.05) is 0 Å². The molecule has 18 heavy (non-hydrogen) atoms. The summed E-state index contributed by atoms with van der Waals surface area (Å²) in [4.78, 5) is 17.7. The minimum atomic E-state index is -0.906. The summed E-state index contributed by atoms with van der Waals surface area (Å²) in [5, 5.41) is 9.90. The predicted octanol–water partition coefficient (Wildman–Crippen LogP) is 2.53. The summed E-state index contributed by atoms with van der Waals surface area (Å²) in [6.45, 7) is 3.21. The number of aromatic nitrogens is 1. The molecule has 92 valence electrons. The lowest BCUT2D eigenvalue weighted by Crippen LogP contribution is -2.45. The van der Waals surface area contributed by atoms with Crippen molar-refractivity contribution in [2.45, 2.75) is 19.4 Å². The highest BCUT2D eigenvalue weighted by atomic mass is 16.4. The number of carboxylic acid groups (broad SMARTS) is 1. The second kappa shape index (κ2) is 3.98. The van der Waals surface area contributed by atoms with Crippen molar-refractivity contribution < 1.29 is 9.90 Å². The molecule has 0 spiro atoms. The molecular weight excluding hydrogens is 228 g/mol. The molecule has 1 unspecified atom stereocenters. The van der Waals surface area contributed by atoms with E-state index in [0.29, 0.717) is 17.0 Å². The van der Waals surface area contributed by atoms with Crippen LogP contribution in [0, 0.1) is 0 Å². The van der Waals surface area contributed by atoms with Crippen molar-refractivity contribution >= 4 is 22.6 Å². The highest BCUT2D eigenvalue weighted by Crippen LogP contribution is 2.29. The van der Waals surface area contributed by atoms with E-state index in [0.717, 1.165) is 17.7 Å². The van der Waals surface area contributed by atoms with E-state index >= 15 is 0 Å². The van der Waals surface area contributed by atoms with Crippen LogP contribution in [0.15, 0.2) is 30.5 Å². The van der Waals surface area contributed by atoms with Crippen LogP contribution >= 0.6 is 0 Å². The van der Waals surface area contributed by atoms with Crippen LogP contribution in [0.5, 0.6) is 0 Å². The Kier molecular flexibility index (Phi) is 2.44. The first-order chi connectivity index (χ1) is 8.66. The summed E-state index contributed by atoms with van der Waals surface area (Å²) in [7, 11) is 0. The lowest BCUT2D eigenvalue weighted by molar-refractivity contribution is 0.0699. The maximum atomic E-state index is 11.2. The summed E-state index contributed by atoms with van der Waals surface area (Å²) in [6, 6.07) is 7.92. The van der Waals surface area contributed by atoms with E-state index in [1.165, 1.54) is 12.6 Å². The van der Waals surface area contributed by atoms with Crippen molar-refractivity contribution in [2.75, 3.05) is 11.4 Å². The Bertz CT molecular complexity index is 624. The Morgan fingerprint density at radius 3 is 2.89 bits per heavy atom. The molecule has 2 heterocycles. The first-order valence-electron chi connectivity index (χ1n) is 6.05. The molecule has 4 nitrogen and oxygen atoms in total. The van der Waals surface area contributed by atoms with Gasteiger partial charge in [-0.25, -0.2) is 4.79 Å². The molecule has 4 heteroatoms. The van der Waals surface area contributed by atoms with Gasteiger partial charge in [0.05, 0.1) is 11.1 Å². The van der Waals surface area contributed by atoms with Crippen LogP contribution in [0.3, 0.4) is 0 Å². The van der Waals surface area contributed by atoms with Crippen LogP contribution in [-0.4, -0.2) is 28.6 Å². The van der Waals surface area contributed by atoms with Crippen LogP contribution in [-0.2, 0) is 0 Å². The number of fused-ring (bicyclic) bond motifs is 1. The summed E-state index contributed by atoms with van der Waals surface area (Å²) >= 11 is 0. The zero-order valence-corrected chi connectivity index (χ0v) is 10.1. The lowest BCUT2D eigenvalue weighted by Gasteiger charge is -2.40. The fraction of sp³-hybridized carbons (Fsp3) is 0.286. The van der Waals surface area contributed by atoms with E-state index in [4.69, 9.17) is 0 Å². The zero-order chi connectivity index (χ0) is 12.7. The number of carboxylic acids is 1. The van der Waals surface area contributed by atoms with Gasteiger partial charge < -0.3 is 10.0 Å². The fourth-order valence-corrected chi connectivity index (χ4v) is 2.40. The number of benzene rings is 1. The van der Waals surface area contributed by atoms with E-state index < -0.39 is 5.97 Å². The molecule has 0 radical (unpaired) electrons. The second-order valence-corrected chi connectivity index (χ2v) is 4.70. The molecule has 1 aliphatic rings. The number of hydrogen-bond acceptors (Lipinski definition) is 3. The number of anilines is 1. The zero-order valence-electron chi connectivity index (χ0n) is 10.1. The van der Waals surface area contributed by atoms with Gasteiger partial charge in [-0.15, -0.1) is 0 Å². The summed E-state index contributed by atoms with van der Waals surface area (Å²) < 4.78 is 0. The fourth-order valence-electron chi connectivity index (χ4n) is 2.40. The SMILES string of the molecule is CC1CCN1c1ccc2nccc(C(=O)O)c2c1. The lowest BCUT2D eigenvalue weighted by atomic mass is 10.0. The highest BCUT2D eigenvalue weighted by Gasteiger charge is 2.24. The molecule has 1 N–H and O–H groups in total. The first kappa shape index (κ1) is 11.0. The number of hydrogen-bond donors (Lipinski definition) is 1. The van der Waals surface area contributed by atoms with Crippen molar-refractivity contribution in [3.05, 3.63) is 36.0 Å². The van der Waals surface area contributed by atoms with Crippen LogP contribution in [0.25, 0.3) is 10.9 Å². The van der Waals surface area contributed by atoms with Crippen molar-refractivity contribution in [3.8, 4) is 0 Å². The minimum absolute atomic E-state index is 0.315. The number of pyridine rings is 1. The van der Waals surface area contributed by atoms with E-state index in [2.05, 4.69) is 16.8 Å². The maximum Gasteiger partial charge on any atom is 0.336 e. The second-order valence-electron chi connectivity index (χ2n) is 4.70. The molecular formula is C14H14N2O2. The third-order valence-corrected chi connectivity index (χ3v) is 3.61. The molecule has 3 rings (SSSR count). The minimum Gasteiger partial charge on any atom is -0.478 e. The number of nitrogens with zero attached hydrogens (tertiary/aromatic N) is 2. The highest BCUT2D eigenvalue weighted by molar-refractivity contribution is 6.03. The molecule has 0 saturated carbocycles. The number of rotatable bonds is 2. The standard InChI is InChI=1S/C14H14N2O2/c1-9-5-7-16(9)10-2-3-13-12(8-10)11(14(17)18)4-6-15-13/h2-4,6,8-9H,5,7H2,1H3,(H,17,18). The topological polar surface area (TPSA) is 53.4 Å². The third kappa shape index (κ3) is 1.61. The Morgan fingerprint density at radius 1 is 1.44 bits per heavy atom. The third-order valence-electron chi connectivity index (χ3n) is 3.61. The van der Waals surface area contributed by atoms with Crippen LogP contribution in [0.2, 0.25) is 0 Å². The van der Waals surface area contributed by atoms with Crippen LogP contribution < -0.4 is 4.90 Å². The molecule has 2 aromatic rings. The van der Waals surface area contributed by atoms with Crippen LogP contribution in [0.1, 0.15) is 23.7 Å². The van der Waals surface area contributed by atoms with Gasteiger partial charge in [-0.05, 0) is 37.6 Å². The summed E-state index contributed by atoms with van der Waals surface area (Å²) in [5.41, 5.74) is 2.12. The average Bonchev–Trinajstić information content (AvgIpc) is 2.36. The number of carbonyl (C=O) groups is 1. The van der Waals surface area contributed by atoms with E-state index in [1.54, 1.807) is 6.07 Å². The maximum absolute atomic E-state index is 11.2. The molecule has 0 amide bonds. The van der Waals surface area contributed by atoms with E-state index in [1.807, 2.05) is 18.2 Å². The molecule has 0 bridgehead atoms. The van der Waals surface area contributed by atoms with Crippen molar-refractivity contribution in [3.63, 3.8) is 0 Å². The summed E-state index contributed by atoms with van der Waals surface area (Å²) in [6.07, 6.45) is 2.73. The number of aromatic carboxylic acids is 1. The van der Waals surface area contributed by atoms with Gasteiger partial charge in [0.15, 0.2) is 0 Å². The largest absolute Gasteiger partial charge is 0.478 e. The smallest absolute Gasteiger partial charge is 0.336 e. The van der Waals surface area contributed by atoms with Gasteiger partial charge in [-0.2, -0.15) is 0 Å². The van der Waals surface area contributed by atoms with Gasteiger partial charge in [0, 0.05) is 29.9 Å². The van der Waals surface area contributed by atoms with E-state index in [-0.39, 0.29) is 0 Å². The Hall–Kier alpha value is -2.10. The normalized spacial score (nSPS) is 18.7. The monoisotopic (exact) mass is 242 g/mol. The first-order valence-corrected chi connectivity index (χ1v) is 6.05. The molecule has 1 aliphatic heterocycles. The predicted molar refractivity (Wildman–Crippen MR) is 70.1 cm³/mol. The van der Waals surface area contributed by atoms with Gasteiger partial charge in [0.2, 0.25) is 0 Å². The molecule has 0 aliphatic carbocycles. The molecule has 1 aromatic carbocycles. The Morgan fingerprint density at radius 2 is 2.28 bits per heavy atom. The Labute approximate surface area is 105 Å². The molecule has 1 aromatic heterocycles. The van der Waals surface area contributed by atoms with Crippen LogP contribution in [0.4, 0.5) is 5.69 Å². The van der Waals surface area contributed by atoms with Gasteiger partial charge >= 0.3 is 5.97 Å². The molecule has 1 atom stereocenters. The molecule has 1 saturated heterocycles. The van der Waals surface area contributed by atoms with Crippen molar-refractivity contribution in [1.82, 2.24) is 4.98 Å². The average molecular weight is 242 g/mol. The van der Waals surface area contributed by atoms with Gasteiger partial charge in [0.25, 0.3) is 0 Å². The molecule has 1 fully saturated rings. The van der Waals surface area contributed by atoms with E-state index in [9.17, 15) is 9.90 Å². The summed E-state index contributed by atoms with van der Waals surface area (Å²) in [5.74, 6) is -0.906. The van der Waals surface area contributed by atoms with Crippen molar-refractivity contribution in [2.24, 2.45) is 0 Å². The van der Waals surface area contributed by atoms with Gasteiger partial charge in [0.1, 0.15) is 0 Å².